The van der Waals surface area contributed by atoms with Gasteiger partial charge in [-0.3, -0.25) is 4.79 Å². The zero-order valence-corrected chi connectivity index (χ0v) is 19.3. The highest BCUT2D eigenvalue weighted by atomic mass is 35.5. The Hall–Kier alpha value is -2.73. The molecule has 2 aromatic heterocycles. The van der Waals surface area contributed by atoms with Crippen molar-refractivity contribution in [3.63, 3.8) is 0 Å². The van der Waals surface area contributed by atoms with E-state index in [0.717, 1.165) is 40.6 Å². The summed E-state index contributed by atoms with van der Waals surface area (Å²) in [6.45, 7) is 8.12. The predicted molar refractivity (Wildman–Crippen MR) is 122 cm³/mol. The van der Waals surface area contributed by atoms with E-state index in [0.29, 0.717) is 48.5 Å². The third kappa shape index (κ3) is 3.97. The number of benzene rings is 1. The third-order valence-electron chi connectivity index (χ3n) is 5.76. The van der Waals surface area contributed by atoms with Gasteiger partial charge in [-0.2, -0.15) is 0 Å². The summed E-state index contributed by atoms with van der Waals surface area (Å²) in [4.78, 5) is 20.1. The summed E-state index contributed by atoms with van der Waals surface area (Å²) in [6.07, 6.45) is 3.99. The monoisotopic (exact) mass is 441 g/mol. The van der Waals surface area contributed by atoms with Crippen LogP contribution in [0.4, 0.5) is 0 Å². The molecule has 1 aromatic carbocycles. The van der Waals surface area contributed by atoms with Crippen molar-refractivity contribution < 1.29 is 14.3 Å². The fraction of sp³-hybridized carbons (Fsp3) is 0.417. The minimum Gasteiger partial charge on any atom is -0.496 e. The number of unbranched alkanes of at least 4 members (excludes halogenated alkanes) is 1. The number of ether oxygens (including phenoxy) is 2. The van der Waals surface area contributed by atoms with E-state index in [9.17, 15) is 4.79 Å². The molecule has 4 rings (SSSR count). The Bertz CT molecular complexity index is 1140. The van der Waals surface area contributed by atoms with E-state index in [4.69, 9.17) is 21.1 Å². The lowest BCUT2D eigenvalue weighted by molar-refractivity contribution is 0.0743. The molecular weight excluding hydrogens is 414 g/mol. The molecule has 0 aliphatic carbocycles. The highest BCUT2D eigenvalue weighted by Crippen LogP contribution is 2.35. The number of aryl methyl sites for hydroxylation is 2. The fourth-order valence-corrected chi connectivity index (χ4v) is 4.33. The molecule has 0 saturated carbocycles. The highest BCUT2D eigenvalue weighted by molar-refractivity contribution is 6.36. The highest BCUT2D eigenvalue weighted by Gasteiger charge is 2.29. The molecule has 3 heterocycles. The van der Waals surface area contributed by atoms with Crippen LogP contribution >= 0.6 is 11.6 Å². The van der Waals surface area contributed by atoms with Crippen LogP contribution in [0, 0.1) is 13.8 Å². The molecule has 0 fully saturated rings. The number of rotatable bonds is 7. The first-order valence-electron chi connectivity index (χ1n) is 10.7. The van der Waals surface area contributed by atoms with Gasteiger partial charge in [-0.25, -0.2) is 4.98 Å². The second-order valence-corrected chi connectivity index (χ2v) is 8.39. The van der Waals surface area contributed by atoms with Crippen LogP contribution in [-0.4, -0.2) is 40.6 Å². The number of hydrogen-bond donors (Lipinski definition) is 0. The van der Waals surface area contributed by atoms with Gasteiger partial charge in [0.2, 0.25) is 5.88 Å². The van der Waals surface area contributed by atoms with Gasteiger partial charge in [0.05, 0.1) is 41.9 Å². The summed E-state index contributed by atoms with van der Waals surface area (Å²) in [5.41, 5.74) is 3.95. The smallest absolute Gasteiger partial charge is 0.257 e. The number of methoxy groups -OCH3 is 1. The third-order valence-corrected chi connectivity index (χ3v) is 6.25. The maximum atomic E-state index is 13.7. The van der Waals surface area contributed by atoms with Crippen LogP contribution in [0.3, 0.4) is 0 Å². The Balaban J connectivity index is 1.74. The zero-order chi connectivity index (χ0) is 22.1. The van der Waals surface area contributed by atoms with Crippen LogP contribution in [0.2, 0.25) is 5.02 Å². The summed E-state index contributed by atoms with van der Waals surface area (Å²) in [5.74, 6) is 1.12. The van der Waals surface area contributed by atoms with Gasteiger partial charge in [-0.15, -0.1) is 0 Å². The molecule has 1 amide bonds. The van der Waals surface area contributed by atoms with Crippen molar-refractivity contribution in [1.82, 2.24) is 14.5 Å². The van der Waals surface area contributed by atoms with Gasteiger partial charge >= 0.3 is 0 Å². The van der Waals surface area contributed by atoms with Crippen LogP contribution in [0.15, 0.2) is 24.4 Å². The Morgan fingerprint density at radius 2 is 2.03 bits per heavy atom. The molecular formula is C24H28ClN3O3. The van der Waals surface area contributed by atoms with E-state index in [-0.39, 0.29) is 5.91 Å². The van der Waals surface area contributed by atoms with Crippen molar-refractivity contribution >= 4 is 28.4 Å². The van der Waals surface area contributed by atoms with Crippen LogP contribution in [-0.2, 0) is 13.1 Å². The van der Waals surface area contributed by atoms with E-state index in [1.54, 1.807) is 7.11 Å². The number of hydrogen-bond acceptors (Lipinski definition) is 4. The quantitative estimate of drug-likeness (QED) is 0.476. The fourth-order valence-electron chi connectivity index (χ4n) is 4.11. The van der Waals surface area contributed by atoms with Gasteiger partial charge in [-0.05, 0) is 38.0 Å². The van der Waals surface area contributed by atoms with E-state index in [1.165, 1.54) is 0 Å². The molecule has 164 valence electrons. The van der Waals surface area contributed by atoms with Crippen LogP contribution in [0.5, 0.6) is 11.6 Å². The maximum absolute atomic E-state index is 13.7. The van der Waals surface area contributed by atoms with Gasteiger partial charge < -0.3 is 18.9 Å². The summed E-state index contributed by atoms with van der Waals surface area (Å²) in [5, 5.41) is 1.54. The molecule has 0 N–H and O–H groups in total. The molecule has 3 aromatic rings. The number of halogens is 1. The lowest BCUT2D eigenvalue weighted by atomic mass is 10.1. The summed E-state index contributed by atoms with van der Waals surface area (Å²) in [6, 6.07) is 5.95. The van der Waals surface area contributed by atoms with E-state index in [2.05, 4.69) is 16.5 Å². The van der Waals surface area contributed by atoms with Crippen molar-refractivity contribution in [2.45, 2.75) is 46.7 Å². The average Bonchev–Trinajstić information content (AvgIpc) is 3.08. The Kier molecular flexibility index (Phi) is 6.10. The van der Waals surface area contributed by atoms with Crippen molar-refractivity contribution in [2.75, 3.05) is 20.3 Å². The number of carbonyl (C=O) groups is 1. The minimum absolute atomic E-state index is 0.0849. The molecule has 31 heavy (non-hydrogen) atoms. The Morgan fingerprint density at radius 1 is 1.23 bits per heavy atom. The van der Waals surface area contributed by atoms with Gasteiger partial charge in [-0.1, -0.05) is 24.9 Å². The Labute approximate surface area is 187 Å². The van der Waals surface area contributed by atoms with Gasteiger partial charge in [0, 0.05) is 36.4 Å². The van der Waals surface area contributed by atoms with Crippen molar-refractivity contribution in [1.29, 1.82) is 0 Å². The lowest BCUT2D eigenvalue weighted by Crippen LogP contribution is -2.32. The van der Waals surface area contributed by atoms with Crippen LogP contribution in [0.1, 0.15) is 46.9 Å². The van der Waals surface area contributed by atoms with Crippen LogP contribution < -0.4 is 9.47 Å². The normalized spacial score (nSPS) is 13.6. The molecule has 0 radical (unpaired) electrons. The number of nitrogens with zero attached hydrogens (tertiary/aromatic N) is 3. The minimum atomic E-state index is -0.0849. The predicted octanol–water partition coefficient (Wildman–Crippen LogP) is 5.15. The van der Waals surface area contributed by atoms with Gasteiger partial charge in [0.15, 0.2) is 0 Å². The van der Waals surface area contributed by atoms with Crippen molar-refractivity contribution in [2.24, 2.45) is 0 Å². The molecule has 0 bridgehead atoms. The lowest BCUT2D eigenvalue weighted by Gasteiger charge is -2.24. The molecule has 0 unspecified atom stereocenters. The van der Waals surface area contributed by atoms with Gasteiger partial charge in [0.1, 0.15) is 5.75 Å². The molecule has 1 aliphatic rings. The summed E-state index contributed by atoms with van der Waals surface area (Å²) >= 11 is 6.64. The molecule has 0 atom stereocenters. The molecule has 0 saturated heterocycles. The number of amides is 1. The molecule has 7 heteroatoms. The zero-order valence-electron chi connectivity index (χ0n) is 18.5. The number of pyridine rings is 1. The standard InChI is InChI=1S/C24H28ClN3O3/c1-5-6-11-31-23-18(19(30-4)13-16(3)26-23)14-28-10-9-27-8-7-17-12-15(2)21(25)20(22(17)27)24(28)29/h7-8,12-13H,5-6,9-11,14H2,1-4H3. The largest absolute Gasteiger partial charge is 0.496 e. The first-order valence-corrected chi connectivity index (χ1v) is 11.1. The second-order valence-electron chi connectivity index (χ2n) is 8.01. The van der Waals surface area contributed by atoms with Gasteiger partial charge in [0.25, 0.3) is 5.91 Å². The molecule has 1 aliphatic heterocycles. The van der Waals surface area contributed by atoms with Crippen molar-refractivity contribution in [3.8, 4) is 11.6 Å². The second kappa shape index (κ2) is 8.79. The molecule has 0 spiro atoms. The number of aromatic nitrogens is 2. The van der Waals surface area contributed by atoms with E-state index in [1.807, 2.05) is 43.1 Å². The number of carbonyl (C=O) groups excluding carboxylic acids is 1. The topological polar surface area (TPSA) is 56.6 Å². The maximum Gasteiger partial charge on any atom is 0.257 e. The SMILES string of the molecule is CCCCOc1nc(C)cc(OC)c1CN1CCn2ccc3cc(C)c(Cl)c(c32)C1=O. The first kappa shape index (κ1) is 21.5. The van der Waals surface area contributed by atoms with E-state index < -0.39 is 0 Å². The first-order chi connectivity index (χ1) is 14.9. The van der Waals surface area contributed by atoms with E-state index >= 15 is 0 Å². The molecule has 6 nitrogen and oxygen atoms in total. The summed E-state index contributed by atoms with van der Waals surface area (Å²) in [7, 11) is 1.63. The van der Waals surface area contributed by atoms with Crippen molar-refractivity contribution in [3.05, 3.63) is 51.8 Å². The summed E-state index contributed by atoms with van der Waals surface area (Å²) < 4.78 is 13.7. The Morgan fingerprint density at radius 3 is 2.77 bits per heavy atom. The average molecular weight is 442 g/mol. The van der Waals surface area contributed by atoms with Crippen LogP contribution in [0.25, 0.3) is 10.9 Å².